The molecule has 0 saturated carbocycles. The summed E-state index contributed by atoms with van der Waals surface area (Å²) in [6.45, 7) is 0. The van der Waals surface area contributed by atoms with Crippen LogP contribution in [-0.4, -0.2) is 19.9 Å². The van der Waals surface area contributed by atoms with E-state index in [2.05, 4.69) is 19.9 Å². The van der Waals surface area contributed by atoms with Gasteiger partial charge in [-0.15, -0.1) is 0 Å². The van der Waals surface area contributed by atoms with Crippen LogP contribution in [0.1, 0.15) is 0 Å². The number of nitrogens with one attached hydrogen (secondary N) is 2. The average Bonchev–Trinajstić information content (AvgIpc) is 2.63. The van der Waals surface area contributed by atoms with Crippen LogP contribution >= 0.6 is 23.2 Å². The lowest BCUT2D eigenvalue weighted by Crippen LogP contribution is -1.56. The minimum Gasteiger partial charge on any atom is -0.335 e. The Balaban J connectivity index is 0.000000120. The van der Waals surface area contributed by atoms with Gasteiger partial charge in [0.1, 0.15) is 0 Å². The molecule has 0 aliphatic carbocycles. The Hall–Kier alpha value is -1.00. The number of imidazole rings is 2. The van der Waals surface area contributed by atoms with Crippen molar-refractivity contribution >= 4 is 23.2 Å². The van der Waals surface area contributed by atoms with Crippen molar-refractivity contribution in [2.45, 2.75) is 0 Å². The molecule has 2 heterocycles. The van der Waals surface area contributed by atoms with E-state index in [0.29, 0.717) is 10.6 Å². The molecule has 0 spiro atoms. The summed E-state index contributed by atoms with van der Waals surface area (Å²) in [5.41, 5.74) is 0. The summed E-state index contributed by atoms with van der Waals surface area (Å²) in [5.74, 6) is 0. The van der Waals surface area contributed by atoms with Gasteiger partial charge in [0, 0.05) is 24.8 Å². The van der Waals surface area contributed by atoms with Crippen molar-refractivity contribution < 1.29 is 0 Å². The molecule has 12 heavy (non-hydrogen) atoms. The third-order valence-corrected chi connectivity index (χ3v) is 1.34. The van der Waals surface area contributed by atoms with Crippen molar-refractivity contribution in [3.63, 3.8) is 0 Å². The van der Waals surface area contributed by atoms with Crippen molar-refractivity contribution in [1.82, 2.24) is 19.9 Å². The van der Waals surface area contributed by atoms with Gasteiger partial charge in [0.25, 0.3) is 0 Å². The zero-order valence-electron chi connectivity index (χ0n) is 5.96. The van der Waals surface area contributed by atoms with E-state index in [9.17, 15) is 0 Å². The van der Waals surface area contributed by atoms with E-state index in [1.165, 1.54) is 0 Å². The maximum atomic E-state index is 5.29. The first-order chi connectivity index (χ1) is 5.79. The summed E-state index contributed by atoms with van der Waals surface area (Å²) in [6.07, 6.45) is 6.54. The molecule has 0 fully saturated rings. The fraction of sp³-hybridized carbons (Fsp3) is 0. The molecule has 0 saturated heterocycles. The van der Waals surface area contributed by atoms with Gasteiger partial charge in [-0.05, 0) is 23.2 Å². The van der Waals surface area contributed by atoms with Crippen molar-refractivity contribution in [2.24, 2.45) is 0 Å². The molecule has 0 amide bonds. The van der Waals surface area contributed by atoms with Crippen LogP contribution in [0, 0.1) is 0 Å². The van der Waals surface area contributed by atoms with E-state index in [1.54, 1.807) is 24.8 Å². The van der Waals surface area contributed by atoms with Crippen LogP contribution in [0.5, 0.6) is 0 Å². The number of nitrogens with zero attached hydrogens (tertiary/aromatic N) is 2. The van der Waals surface area contributed by atoms with Crippen LogP contribution in [-0.2, 0) is 0 Å². The standard InChI is InChI=1S/2C3H3ClN2/c2*4-3-5-1-2-6-3/h2*1-2H,(H,5,6). The number of aromatic nitrogens is 4. The minimum atomic E-state index is 0.440. The molecular weight excluding hydrogens is 199 g/mol. The Morgan fingerprint density at radius 1 is 0.917 bits per heavy atom. The smallest absolute Gasteiger partial charge is 0.199 e. The van der Waals surface area contributed by atoms with Gasteiger partial charge >= 0.3 is 0 Å². The first-order valence-electron chi connectivity index (χ1n) is 3.09. The maximum Gasteiger partial charge on any atom is 0.199 e. The summed E-state index contributed by atoms with van der Waals surface area (Å²) in [4.78, 5) is 12.6. The molecule has 0 unspecified atom stereocenters. The number of rotatable bonds is 0. The molecule has 6 heteroatoms. The highest BCUT2D eigenvalue weighted by molar-refractivity contribution is 6.28. The second-order valence-corrected chi connectivity index (χ2v) is 2.48. The quantitative estimate of drug-likeness (QED) is 0.691. The predicted molar refractivity (Wildman–Crippen MR) is 47.2 cm³/mol. The van der Waals surface area contributed by atoms with Gasteiger partial charge in [-0.25, -0.2) is 9.97 Å². The van der Waals surface area contributed by atoms with Crippen LogP contribution in [0.3, 0.4) is 0 Å². The van der Waals surface area contributed by atoms with Gasteiger partial charge in [0.05, 0.1) is 0 Å². The maximum absolute atomic E-state index is 5.29. The SMILES string of the molecule is Clc1ncc[nH]1.Clc1ncc[nH]1. The average molecular weight is 205 g/mol. The molecule has 0 aliphatic heterocycles. The fourth-order valence-corrected chi connectivity index (χ4v) is 0.731. The highest BCUT2D eigenvalue weighted by Crippen LogP contribution is 1.93. The summed E-state index contributed by atoms with van der Waals surface area (Å²) in [6, 6.07) is 0. The van der Waals surface area contributed by atoms with Crippen molar-refractivity contribution in [3.05, 3.63) is 35.4 Å². The number of aromatic amines is 2. The van der Waals surface area contributed by atoms with Gasteiger partial charge < -0.3 is 9.97 Å². The van der Waals surface area contributed by atoms with Gasteiger partial charge in [0.2, 0.25) is 0 Å². The third kappa shape index (κ3) is 3.41. The zero-order chi connectivity index (χ0) is 8.81. The molecule has 0 atom stereocenters. The first-order valence-corrected chi connectivity index (χ1v) is 3.84. The van der Waals surface area contributed by atoms with Gasteiger partial charge in [-0.2, -0.15) is 0 Å². The first kappa shape index (κ1) is 9.09. The second-order valence-electron chi connectivity index (χ2n) is 1.76. The number of halogens is 2. The summed E-state index contributed by atoms with van der Waals surface area (Å²) in [7, 11) is 0. The molecule has 0 aliphatic rings. The van der Waals surface area contributed by atoms with Crippen LogP contribution < -0.4 is 0 Å². The van der Waals surface area contributed by atoms with E-state index in [-0.39, 0.29) is 0 Å². The van der Waals surface area contributed by atoms with E-state index in [1.807, 2.05) is 0 Å². The molecule has 0 aromatic carbocycles. The van der Waals surface area contributed by atoms with E-state index < -0.39 is 0 Å². The van der Waals surface area contributed by atoms with Crippen LogP contribution in [0.4, 0.5) is 0 Å². The van der Waals surface area contributed by atoms with Crippen LogP contribution in [0.15, 0.2) is 24.8 Å². The summed E-state index contributed by atoms with van der Waals surface area (Å²) < 4.78 is 0. The summed E-state index contributed by atoms with van der Waals surface area (Å²) >= 11 is 10.6. The molecule has 2 N–H and O–H groups in total. The topological polar surface area (TPSA) is 57.4 Å². The third-order valence-electron chi connectivity index (χ3n) is 0.930. The van der Waals surface area contributed by atoms with Crippen LogP contribution in [0.2, 0.25) is 10.6 Å². The lowest BCUT2D eigenvalue weighted by Gasteiger charge is -1.64. The fourth-order valence-electron chi connectivity index (χ4n) is 0.492. The lowest BCUT2D eigenvalue weighted by molar-refractivity contribution is 1.31. The van der Waals surface area contributed by atoms with Gasteiger partial charge in [-0.3, -0.25) is 0 Å². The number of H-pyrrole nitrogens is 2. The molecular formula is C6H6Cl2N4. The van der Waals surface area contributed by atoms with Crippen molar-refractivity contribution in [3.8, 4) is 0 Å². The Morgan fingerprint density at radius 3 is 1.42 bits per heavy atom. The Labute approximate surface area is 79.0 Å². The molecule has 2 aromatic heterocycles. The monoisotopic (exact) mass is 204 g/mol. The Morgan fingerprint density at radius 2 is 1.33 bits per heavy atom. The van der Waals surface area contributed by atoms with Gasteiger partial charge in [0.15, 0.2) is 10.6 Å². The minimum absolute atomic E-state index is 0.440. The van der Waals surface area contributed by atoms with Crippen LogP contribution in [0.25, 0.3) is 0 Å². The number of hydrogen-bond acceptors (Lipinski definition) is 2. The van der Waals surface area contributed by atoms with E-state index >= 15 is 0 Å². The number of hydrogen-bond donors (Lipinski definition) is 2. The highest BCUT2D eigenvalue weighted by atomic mass is 35.5. The summed E-state index contributed by atoms with van der Waals surface area (Å²) in [5, 5.41) is 0.880. The molecule has 0 radical (unpaired) electrons. The molecule has 4 nitrogen and oxygen atoms in total. The molecule has 0 bridgehead atoms. The largest absolute Gasteiger partial charge is 0.335 e. The Kier molecular flexibility index (Phi) is 3.63. The van der Waals surface area contributed by atoms with E-state index in [4.69, 9.17) is 23.2 Å². The normalized spacial score (nSPS) is 8.83. The Bertz CT molecular complexity index is 257. The van der Waals surface area contributed by atoms with Crippen molar-refractivity contribution in [2.75, 3.05) is 0 Å². The molecule has 2 rings (SSSR count). The predicted octanol–water partition coefficient (Wildman–Crippen LogP) is 2.13. The highest BCUT2D eigenvalue weighted by Gasteiger charge is 1.77. The lowest BCUT2D eigenvalue weighted by atomic mass is 11.0. The zero-order valence-corrected chi connectivity index (χ0v) is 7.47. The second kappa shape index (κ2) is 4.79. The van der Waals surface area contributed by atoms with E-state index in [0.717, 1.165) is 0 Å². The molecule has 64 valence electrons. The van der Waals surface area contributed by atoms with Crippen molar-refractivity contribution in [1.29, 1.82) is 0 Å². The molecule has 2 aromatic rings. The van der Waals surface area contributed by atoms with Gasteiger partial charge in [-0.1, -0.05) is 0 Å².